The second-order valence-corrected chi connectivity index (χ2v) is 5.42. The Bertz CT molecular complexity index is 361. The Morgan fingerprint density at radius 3 is 2.75 bits per heavy atom. The molecule has 2 N–H and O–H groups in total. The molecule has 0 saturated heterocycles. The molecule has 1 fully saturated rings. The van der Waals surface area contributed by atoms with E-state index in [4.69, 9.17) is 5.73 Å². The molecule has 0 unspecified atom stereocenters. The van der Waals surface area contributed by atoms with E-state index in [1.54, 1.807) is 0 Å². The molecule has 1 aliphatic carbocycles. The number of benzene rings is 1. The van der Waals surface area contributed by atoms with Crippen molar-refractivity contribution in [1.82, 2.24) is 0 Å². The molecule has 0 aromatic heterocycles. The van der Waals surface area contributed by atoms with Gasteiger partial charge in [-0.1, -0.05) is 22.0 Å². The summed E-state index contributed by atoms with van der Waals surface area (Å²) in [6.07, 6.45) is 4.98. The Kier molecular flexibility index (Phi) is 3.87. The van der Waals surface area contributed by atoms with Gasteiger partial charge in [0.25, 0.3) is 0 Å². The van der Waals surface area contributed by atoms with Gasteiger partial charge in [0.1, 0.15) is 0 Å². The summed E-state index contributed by atoms with van der Waals surface area (Å²) in [4.78, 5) is 2.42. The Morgan fingerprint density at radius 2 is 2.19 bits per heavy atom. The smallest absolute Gasteiger partial charge is 0.0410 e. The maximum absolute atomic E-state index is 5.66. The molecule has 16 heavy (non-hydrogen) atoms. The van der Waals surface area contributed by atoms with Gasteiger partial charge in [-0.25, -0.2) is 0 Å². The number of rotatable bonds is 4. The van der Waals surface area contributed by atoms with Crippen molar-refractivity contribution in [2.45, 2.75) is 31.7 Å². The molecule has 3 heteroatoms. The molecule has 2 rings (SSSR count). The van der Waals surface area contributed by atoms with Crippen molar-refractivity contribution >= 4 is 21.6 Å². The molecule has 0 amide bonds. The molecule has 2 nitrogen and oxygen atoms in total. The predicted octanol–water partition coefficient (Wildman–Crippen LogP) is 2.94. The van der Waals surface area contributed by atoms with Gasteiger partial charge < -0.3 is 10.6 Å². The summed E-state index contributed by atoms with van der Waals surface area (Å²) in [7, 11) is 2.20. The SMILES string of the molecule is CN(c1cc(Br)ccc1CCN)C1CCC1. The van der Waals surface area contributed by atoms with Gasteiger partial charge in [-0.05, 0) is 49.9 Å². The Labute approximate surface area is 106 Å². The minimum Gasteiger partial charge on any atom is -0.371 e. The zero-order chi connectivity index (χ0) is 11.5. The lowest BCUT2D eigenvalue weighted by atomic mass is 9.91. The minimum absolute atomic E-state index is 0.715. The number of anilines is 1. The first-order chi connectivity index (χ1) is 7.72. The van der Waals surface area contributed by atoms with Crippen LogP contribution in [0, 0.1) is 0 Å². The van der Waals surface area contributed by atoms with Crippen molar-refractivity contribution in [3.05, 3.63) is 28.2 Å². The van der Waals surface area contributed by atoms with Gasteiger partial charge in [0.2, 0.25) is 0 Å². The maximum atomic E-state index is 5.66. The van der Waals surface area contributed by atoms with Crippen LogP contribution in [0.2, 0.25) is 0 Å². The molecule has 0 bridgehead atoms. The number of halogens is 1. The van der Waals surface area contributed by atoms with Crippen molar-refractivity contribution in [2.24, 2.45) is 5.73 Å². The molecule has 1 aromatic rings. The van der Waals surface area contributed by atoms with E-state index in [1.807, 2.05) is 0 Å². The first kappa shape index (κ1) is 11.9. The second-order valence-electron chi connectivity index (χ2n) is 4.51. The normalized spacial score (nSPS) is 15.9. The van der Waals surface area contributed by atoms with E-state index in [2.05, 4.69) is 46.1 Å². The quantitative estimate of drug-likeness (QED) is 0.920. The van der Waals surface area contributed by atoms with Crippen molar-refractivity contribution in [3.8, 4) is 0 Å². The van der Waals surface area contributed by atoms with E-state index in [9.17, 15) is 0 Å². The summed E-state index contributed by atoms with van der Waals surface area (Å²) >= 11 is 3.55. The summed E-state index contributed by atoms with van der Waals surface area (Å²) in [6.45, 7) is 0.715. The van der Waals surface area contributed by atoms with Gasteiger partial charge in [-0.3, -0.25) is 0 Å². The molecule has 1 aromatic carbocycles. The molecule has 1 saturated carbocycles. The van der Waals surface area contributed by atoms with Crippen LogP contribution in [0.15, 0.2) is 22.7 Å². The van der Waals surface area contributed by atoms with Crippen molar-refractivity contribution < 1.29 is 0 Å². The molecular weight excluding hydrogens is 264 g/mol. The van der Waals surface area contributed by atoms with E-state index in [-0.39, 0.29) is 0 Å². The van der Waals surface area contributed by atoms with Crippen LogP contribution in [0.4, 0.5) is 5.69 Å². The van der Waals surface area contributed by atoms with Crippen LogP contribution in [0.5, 0.6) is 0 Å². The molecular formula is C13H19BrN2. The maximum Gasteiger partial charge on any atom is 0.0410 e. The summed E-state index contributed by atoms with van der Waals surface area (Å²) in [5.41, 5.74) is 8.36. The fraction of sp³-hybridized carbons (Fsp3) is 0.538. The zero-order valence-electron chi connectivity index (χ0n) is 9.75. The summed E-state index contributed by atoms with van der Waals surface area (Å²) < 4.78 is 1.15. The first-order valence-electron chi connectivity index (χ1n) is 5.93. The van der Waals surface area contributed by atoms with E-state index >= 15 is 0 Å². The topological polar surface area (TPSA) is 29.3 Å². The highest BCUT2D eigenvalue weighted by molar-refractivity contribution is 9.10. The van der Waals surface area contributed by atoms with E-state index < -0.39 is 0 Å². The van der Waals surface area contributed by atoms with Gasteiger partial charge >= 0.3 is 0 Å². The third-order valence-corrected chi connectivity index (χ3v) is 3.96. The average Bonchev–Trinajstić information content (AvgIpc) is 2.18. The predicted molar refractivity (Wildman–Crippen MR) is 72.9 cm³/mol. The Morgan fingerprint density at radius 1 is 1.44 bits per heavy atom. The van der Waals surface area contributed by atoms with Crippen LogP contribution in [0.25, 0.3) is 0 Å². The fourth-order valence-corrected chi connectivity index (χ4v) is 2.55. The van der Waals surface area contributed by atoms with Gasteiger partial charge in [-0.2, -0.15) is 0 Å². The number of nitrogens with two attached hydrogens (primary N) is 1. The van der Waals surface area contributed by atoms with Gasteiger partial charge in [0.15, 0.2) is 0 Å². The Hall–Kier alpha value is -0.540. The number of hydrogen-bond acceptors (Lipinski definition) is 2. The van der Waals surface area contributed by atoms with Crippen molar-refractivity contribution in [2.75, 3.05) is 18.5 Å². The van der Waals surface area contributed by atoms with E-state index in [1.165, 1.54) is 30.5 Å². The second kappa shape index (κ2) is 5.19. The van der Waals surface area contributed by atoms with Crippen LogP contribution in [0.1, 0.15) is 24.8 Å². The van der Waals surface area contributed by atoms with Crippen LogP contribution >= 0.6 is 15.9 Å². The lowest BCUT2D eigenvalue weighted by Gasteiger charge is -2.37. The Balaban J connectivity index is 2.24. The van der Waals surface area contributed by atoms with Crippen LogP contribution < -0.4 is 10.6 Å². The van der Waals surface area contributed by atoms with Crippen molar-refractivity contribution in [1.29, 1.82) is 0 Å². The van der Waals surface area contributed by atoms with Crippen molar-refractivity contribution in [3.63, 3.8) is 0 Å². The molecule has 88 valence electrons. The lowest BCUT2D eigenvalue weighted by molar-refractivity contribution is 0.400. The first-order valence-corrected chi connectivity index (χ1v) is 6.73. The third-order valence-electron chi connectivity index (χ3n) is 3.46. The van der Waals surface area contributed by atoms with Gasteiger partial charge in [-0.15, -0.1) is 0 Å². The molecule has 0 atom stereocenters. The summed E-state index contributed by atoms with van der Waals surface area (Å²) in [5.74, 6) is 0. The van der Waals surface area contributed by atoms with E-state index in [0.717, 1.165) is 16.9 Å². The largest absolute Gasteiger partial charge is 0.371 e. The molecule has 0 spiro atoms. The monoisotopic (exact) mass is 282 g/mol. The molecule has 1 aliphatic rings. The fourth-order valence-electron chi connectivity index (χ4n) is 2.20. The highest BCUT2D eigenvalue weighted by Crippen LogP contribution is 2.32. The lowest BCUT2D eigenvalue weighted by Crippen LogP contribution is -2.37. The number of hydrogen-bond donors (Lipinski definition) is 1. The molecule has 0 heterocycles. The summed E-state index contributed by atoms with van der Waals surface area (Å²) in [6, 6.07) is 7.22. The average molecular weight is 283 g/mol. The third kappa shape index (κ3) is 2.41. The van der Waals surface area contributed by atoms with Gasteiger partial charge in [0, 0.05) is 23.2 Å². The van der Waals surface area contributed by atoms with Crippen LogP contribution in [-0.2, 0) is 6.42 Å². The minimum atomic E-state index is 0.715. The summed E-state index contributed by atoms with van der Waals surface area (Å²) in [5, 5.41) is 0. The highest BCUT2D eigenvalue weighted by Gasteiger charge is 2.23. The van der Waals surface area contributed by atoms with Crippen LogP contribution in [-0.4, -0.2) is 19.6 Å². The number of nitrogens with zero attached hydrogens (tertiary/aromatic N) is 1. The van der Waals surface area contributed by atoms with E-state index in [0.29, 0.717) is 6.54 Å². The van der Waals surface area contributed by atoms with Crippen LogP contribution in [0.3, 0.4) is 0 Å². The zero-order valence-corrected chi connectivity index (χ0v) is 11.3. The molecule has 0 radical (unpaired) electrons. The van der Waals surface area contributed by atoms with Gasteiger partial charge in [0.05, 0.1) is 0 Å². The standard InChI is InChI=1S/C13H19BrN2/c1-16(12-3-2-4-12)13-9-11(14)6-5-10(13)7-8-15/h5-6,9,12H,2-4,7-8,15H2,1H3. The highest BCUT2D eigenvalue weighted by atomic mass is 79.9. The molecule has 0 aliphatic heterocycles.